The van der Waals surface area contributed by atoms with Crippen LogP contribution in [0.5, 0.6) is 0 Å². The normalized spacial score (nSPS) is 22.8. The van der Waals surface area contributed by atoms with Crippen LogP contribution in [0.2, 0.25) is 0 Å². The Morgan fingerprint density at radius 2 is 2.16 bits per heavy atom. The van der Waals surface area contributed by atoms with Gasteiger partial charge >= 0.3 is 0 Å². The minimum Gasteiger partial charge on any atom is -0.383 e. The Kier molecular flexibility index (Phi) is 2.81. The first kappa shape index (κ1) is 12.2. The number of nitriles is 1. The Balaban J connectivity index is 2.14. The van der Waals surface area contributed by atoms with E-state index < -0.39 is 0 Å². The van der Waals surface area contributed by atoms with Gasteiger partial charge in [-0.3, -0.25) is 4.79 Å². The molecule has 0 saturated carbocycles. The fourth-order valence-corrected chi connectivity index (χ4v) is 3.11. The summed E-state index contributed by atoms with van der Waals surface area (Å²) in [6, 6.07) is 9.53. The molecule has 0 spiro atoms. The van der Waals surface area contributed by atoms with Gasteiger partial charge in [-0.05, 0) is 11.6 Å². The molecule has 6 heteroatoms. The largest absolute Gasteiger partial charge is 0.383 e. The second-order valence-electron chi connectivity index (χ2n) is 4.45. The molecule has 1 atom stereocenters. The van der Waals surface area contributed by atoms with E-state index >= 15 is 0 Å². The van der Waals surface area contributed by atoms with Crippen molar-refractivity contribution >= 4 is 21.8 Å². The van der Waals surface area contributed by atoms with Crippen LogP contribution in [0.3, 0.4) is 0 Å². The molecule has 2 heterocycles. The number of nitrogens with zero attached hydrogens (tertiary/aromatic N) is 3. The van der Waals surface area contributed by atoms with Gasteiger partial charge in [0.15, 0.2) is 0 Å². The molecule has 3 rings (SSSR count). The van der Waals surface area contributed by atoms with Gasteiger partial charge in [0.1, 0.15) is 11.9 Å². The minimum absolute atomic E-state index is 0.0557. The zero-order valence-electron chi connectivity index (χ0n) is 10.0. The molecule has 5 nitrogen and oxygen atoms in total. The zero-order chi connectivity index (χ0) is 13.6. The second-order valence-corrected chi connectivity index (χ2v) is 5.31. The molecule has 0 aliphatic carbocycles. The third-order valence-corrected chi connectivity index (χ3v) is 4.17. The van der Waals surface area contributed by atoms with Crippen LogP contribution >= 0.6 is 15.9 Å². The standard InChI is InChI=1S/C13H11BrN4O/c14-10-4-2-1-3-8(10)12-9(7-15)13(16)18-11(19)5-6-17(12)18/h1-4,12H,5-6,16H2/t12-/m1/s1. The lowest BCUT2D eigenvalue weighted by molar-refractivity contribution is -0.133. The van der Waals surface area contributed by atoms with Gasteiger partial charge in [-0.1, -0.05) is 34.1 Å². The Bertz CT molecular complexity index is 634. The molecule has 0 aromatic heterocycles. The lowest BCUT2D eigenvalue weighted by Gasteiger charge is -2.26. The summed E-state index contributed by atoms with van der Waals surface area (Å²) in [7, 11) is 0. The van der Waals surface area contributed by atoms with E-state index in [-0.39, 0.29) is 17.8 Å². The highest BCUT2D eigenvalue weighted by molar-refractivity contribution is 9.10. The van der Waals surface area contributed by atoms with Gasteiger partial charge in [0.25, 0.3) is 0 Å². The van der Waals surface area contributed by atoms with Gasteiger partial charge in [0.05, 0.1) is 11.6 Å². The van der Waals surface area contributed by atoms with Crippen LogP contribution in [0, 0.1) is 11.3 Å². The maximum atomic E-state index is 11.8. The number of fused-ring (bicyclic) bond motifs is 1. The highest BCUT2D eigenvalue weighted by atomic mass is 79.9. The lowest BCUT2D eigenvalue weighted by atomic mass is 10.00. The average molecular weight is 319 g/mol. The van der Waals surface area contributed by atoms with Crippen LogP contribution in [-0.4, -0.2) is 22.5 Å². The molecular formula is C13H11BrN4O. The van der Waals surface area contributed by atoms with Crippen LogP contribution in [-0.2, 0) is 4.79 Å². The Morgan fingerprint density at radius 1 is 1.42 bits per heavy atom. The van der Waals surface area contributed by atoms with Crippen LogP contribution in [0.4, 0.5) is 0 Å². The van der Waals surface area contributed by atoms with E-state index in [1.807, 2.05) is 29.3 Å². The molecule has 1 fully saturated rings. The van der Waals surface area contributed by atoms with Crippen molar-refractivity contribution < 1.29 is 4.79 Å². The van der Waals surface area contributed by atoms with Gasteiger partial charge in [0, 0.05) is 17.4 Å². The number of carbonyl (C=O) groups excluding carboxylic acids is 1. The molecule has 1 amide bonds. The van der Waals surface area contributed by atoms with Gasteiger partial charge in [-0.2, -0.15) is 10.3 Å². The number of hydrogen-bond acceptors (Lipinski definition) is 4. The van der Waals surface area contributed by atoms with Crippen molar-refractivity contribution in [1.29, 1.82) is 5.26 Å². The number of benzene rings is 1. The van der Waals surface area contributed by atoms with Crippen LogP contribution in [0.15, 0.2) is 40.1 Å². The van der Waals surface area contributed by atoms with Crippen molar-refractivity contribution in [2.75, 3.05) is 6.54 Å². The van der Waals surface area contributed by atoms with Crippen molar-refractivity contribution in [1.82, 2.24) is 10.0 Å². The smallest absolute Gasteiger partial charge is 0.244 e. The fraction of sp³-hybridized carbons (Fsp3) is 0.231. The summed E-state index contributed by atoms with van der Waals surface area (Å²) in [6.07, 6.45) is 0.431. The summed E-state index contributed by atoms with van der Waals surface area (Å²) < 4.78 is 0.904. The molecule has 96 valence electrons. The van der Waals surface area contributed by atoms with Gasteiger partial charge in [-0.15, -0.1) is 0 Å². The molecule has 2 aliphatic rings. The second kappa shape index (κ2) is 4.37. The summed E-state index contributed by atoms with van der Waals surface area (Å²) >= 11 is 3.49. The quantitative estimate of drug-likeness (QED) is 0.854. The van der Waals surface area contributed by atoms with Crippen LogP contribution in [0.1, 0.15) is 18.0 Å². The van der Waals surface area contributed by atoms with Gasteiger partial charge < -0.3 is 5.73 Å². The number of rotatable bonds is 1. The highest BCUT2D eigenvalue weighted by Crippen LogP contribution is 2.42. The molecule has 1 saturated heterocycles. The third kappa shape index (κ3) is 1.66. The predicted octanol–water partition coefficient (Wildman–Crippen LogP) is 1.65. The number of halogens is 1. The predicted molar refractivity (Wildman–Crippen MR) is 71.9 cm³/mol. The van der Waals surface area contributed by atoms with E-state index in [2.05, 4.69) is 22.0 Å². The van der Waals surface area contributed by atoms with Crippen molar-refractivity contribution in [2.24, 2.45) is 5.73 Å². The van der Waals surface area contributed by atoms with E-state index in [0.29, 0.717) is 18.5 Å². The van der Waals surface area contributed by atoms with Crippen molar-refractivity contribution in [2.45, 2.75) is 12.5 Å². The van der Waals surface area contributed by atoms with E-state index in [9.17, 15) is 10.1 Å². The summed E-state index contributed by atoms with van der Waals surface area (Å²) in [5, 5.41) is 12.6. The van der Waals surface area contributed by atoms with E-state index in [4.69, 9.17) is 5.73 Å². The van der Waals surface area contributed by atoms with E-state index in [1.165, 1.54) is 5.01 Å². The Morgan fingerprint density at radius 3 is 2.84 bits per heavy atom. The Hall–Kier alpha value is -1.84. The summed E-state index contributed by atoms with van der Waals surface area (Å²) in [5.41, 5.74) is 7.32. The first-order valence-electron chi connectivity index (χ1n) is 5.89. The number of hydrogen-bond donors (Lipinski definition) is 1. The summed E-state index contributed by atoms with van der Waals surface area (Å²) in [6.45, 7) is 0.580. The number of amides is 1. The molecule has 19 heavy (non-hydrogen) atoms. The van der Waals surface area contributed by atoms with E-state index in [0.717, 1.165) is 10.0 Å². The minimum atomic E-state index is -0.285. The maximum Gasteiger partial charge on any atom is 0.244 e. The first-order valence-corrected chi connectivity index (χ1v) is 6.68. The molecule has 0 bridgehead atoms. The van der Waals surface area contributed by atoms with Gasteiger partial charge in [-0.25, -0.2) is 5.01 Å². The highest BCUT2D eigenvalue weighted by Gasteiger charge is 2.46. The fourth-order valence-electron chi connectivity index (χ4n) is 2.61. The summed E-state index contributed by atoms with van der Waals surface area (Å²) in [4.78, 5) is 11.8. The molecule has 2 aliphatic heterocycles. The zero-order valence-corrected chi connectivity index (χ0v) is 11.6. The molecule has 2 N–H and O–H groups in total. The lowest BCUT2D eigenvalue weighted by Crippen LogP contribution is -2.36. The van der Waals surface area contributed by atoms with Crippen molar-refractivity contribution in [3.8, 4) is 6.07 Å². The van der Waals surface area contributed by atoms with Gasteiger partial charge in [0.2, 0.25) is 5.91 Å². The Labute approximate surface area is 119 Å². The molecule has 0 unspecified atom stereocenters. The first-order chi connectivity index (χ1) is 9.15. The number of hydrazine groups is 1. The topological polar surface area (TPSA) is 73.4 Å². The average Bonchev–Trinajstić information content (AvgIpc) is 2.90. The van der Waals surface area contributed by atoms with Crippen LogP contribution < -0.4 is 5.73 Å². The SMILES string of the molecule is N#CC1=C(N)N2C(=O)CCN2[C@@H]1c1ccccc1Br. The third-order valence-electron chi connectivity index (χ3n) is 3.44. The molecular weight excluding hydrogens is 308 g/mol. The maximum absolute atomic E-state index is 11.8. The molecule has 1 aromatic carbocycles. The number of carbonyl (C=O) groups is 1. The monoisotopic (exact) mass is 318 g/mol. The summed E-state index contributed by atoms with van der Waals surface area (Å²) in [5.74, 6) is 0.200. The van der Waals surface area contributed by atoms with E-state index in [1.54, 1.807) is 0 Å². The number of nitrogens with two attached hydrogens (primary N) is 1. The van der Waals surface area contributed by atoms with Crippen molar-refractivity contribution in [3.63, 3.8) is 0 Å². The molecule has 1 aromatic rings. The molecule has 0 radical (unpaired) electrons. The van der Waals surface area contributed by atoms with Crippen LogP contribution in [0.25, 0.3) is 0 Å². The van der Waals surface area contributed by atoms with Crippen molar-refractivity contribution in [3.05, 3.63) is 45.7 Å².